The molecule has 90 valence electrons. The van der Waals surface area contributed by atoms with E-state index in [0.29, 0.717) is 28.3 Å². The van der Waals surface area contributed by atoms with Crippen molar-refractivity contribution in [2.24, 2.45) is 5.92 Å². The number of ether oxygens (including phenoxy) is 1. The number of hydrogen-bond donors (Lipinski definition) is 1. The van der Waals surface area contributed by atoms with E-state index in [1.165, 1.54) is 0 Å². The maximum atomic E-state index is 5.85. The van der Waals surface area contributed by atoms with Crippen molar-refractivity contribution in [3.63, 3.8) is 0 Å². The van der Waals surface area contributed by atoms with Crippen molar-refractivity contribution < 1.29 is 4.74 Å². The summed E-state index contributed by atoms with van der Waals surface area (Å²) in [4.78, 5) is 0. The van der Waals surface area contributed by atoms with E-state index in [0.717, 1.165) is 13.1 Å². The third-order valence-corrected chi connectivity index (χ3v) is 2.37. The molecule has 0 aromatic heterocycles. The Hall–Kier alpha value is -0.440. The zero-order chi connectivity index (χ0) is 12.0. The molecule has 0 atom stereocenters. The van der Waals surface area contributed by atoms with E-state index in [9.17, 15) is 0 Å². The van der Waals surface area contributed by atoms with Gasteiger partial charge in [0.2, 0.25) is 0 Å². The Balaban J connectivity index is 2.26. The van der Waals surface area contributed by atoms with Crippen molar-refractivity contribution >= 4 is 23.2 Å². The van der Waals surface area contributed by atoms with E-state index in [1.807, 2.05) is 0 Å². The second kappa shape index (κ2) is 7.00. The average molecular weight is 262 g/mol. The van der Waals surface area contributed by atoms with Gasteiger partial charge in [-0.1, -0.05) is 37.0 Å². The highest BCUT2D eigenvalue weighted by molar-refractivity contribution is 6.34. The second-order valence-electron chi connectivity index (χ2n) is 4.05. The summed E-state index contributed by atoms with van der Waals surface area (Å²) >= 11 is 11.7. The molecule has 0 bridgehead atoms. The average Bonchev–Trinajstić information content (AvgIpc) is 2.15. The lowest BCUT2D eigenvalue weighted by Gasteiger charge is -2.09. The first-order valence-corrected chi connectivity index (χ1v) is 6.13. The van der Waals surface area contributed by atoms with Crippen LogP contribution in [0.4, 0.5) is 0 Å². The highest BCUT2D eigenvalue weighted by atomic mass is 35.5. The fourth-order valence-corrected chi connectivity index (χ4v) is 1.75. The first-order valence-electron chi connectivity index (χ1n) is 5.37. The first-order chi connectivity index (χ1) is 7.58. The molecule has 0 saturated heterocycles. The van der Waals surface area contributed by atoms with Crippen molar-refractivity contribution in [2.75, 3.05) is 19.7 Å². The molecule has 0 unspecified atom stereocenters. The molecule has 0 saturated carbocycles. The summed E-state index contributed by atoms with van der Waals surface area (Å²) in [7, 11) is 0. The summed E-state index contributed by atoms with van der Waals surface area (Å²) in [6, 6.07) is 5.21. The Labute approximate surface area is 107 Å². The van der Waals surface area contributed by atoms with Crippen LogP contribution in [0.3, 0.4) is 0 Å². The molecule has 1 aromatic rings. The molecule has 0 amide bonds. The number of benzene rings is 1. The normalized spacial score (nSPS) is 10.8. The number of nitrogens with one attached hydrogen (secondary N) is 1. The quantitative estimate of drug-likeness (QED) is 0.790. The van der Waals surface area contributed by atoms with Crippen LogP contribution in [0.2, 0.25) is 10.0 Å². The SMILES string of the molecule is CC(C)CNCCOc1cc(Cl)cc(Cl)c1. The zero-order valence-electron chi connectivity index (χ0n) is 9.59. The summed E-state index contributed by atoms with van der Waals surface area (Å²) in [5.41, 5.74) is 0. The zero-order valence-corrected chi connectivity index (χ0v) is 11.1. The van der Waals surface area contributed by atoms with Crippen LogP contribution in [0.25, 0.3) is 0 Å². The van der Waals surface area contributed by atoms with Gasteiger partial charge < -0.3 is 10.1 Å². The van der Waals surface area contributed by atoms with Crippen LogP contribution in [0, 0.1) is 5.92 Å². The maximum Gasteiger partial charge on any atom is 0.122 e. The largest absolute Gasteiger partial charge is 0.492 e. The van der Waals surface area contributed by atoms with E-state index in [2.05, 4.69) is 19.2 Å². The number of hydrogen-bond acceptors (Lipinski definition) is 2. The summed E-state index contributed by atoms with van der Waals surface area (Å²) in [6.07, 6.45) is 0. The van der Waals surface area contributed by atoms with Gasteiger partial charge in [-0.2, -0.15) is 0 Å². The van der Waals surface area contributed by atoms with Crippen LogP contribution in [0.5, 0.6) is 5.75 Å². The van der Waals surface area contributed by atoms with Gasteiger partial charge in [-0.15, -0.1) is 0 Å². The molecular formula is C12H17Cl2NO. The molecule has 0 aliphatic heterocycles. The molecule has 0 radical (unpaired) electrons. The van der Waals surface area contributed by atoms with Crippen molar-refractivity contribution in [1.29, 1.82) is 0 Å². The second-order valence-corrected chi connectivity index (χ2v) is 4.92. The standard InChI is InChI=1S/C12H17Cl2NO/c1-9(2)8-15-3-4-16-12-6-10(13)5-11(14)7-12/h5-7,9,15H,3-4,8H2,1-2H3. The van der Waals surface area contributed by atoms with Gasteiger partial charge in [0, 0.05) is 16.6 Å². The van der Waals surface area contributed by atoms with E-state index in [4.69, 9.17) is 27.9 Å². The van der Waals surface area contributed by atoms with Gasteiger partial charge in [0.1, 0.15) is 12.4 Å². The summed E-state index contributed by atoms with van der Waals surface area (Å²) in [6.45, 7) is 6.78. The third kappa shape index (κ3) is 5.59. The van der Waals surface area contributed by atoms with Crippen LogP contribution in [0.15, 0.2) is 18.2 Å². The maximum absolute atomic E-state index is 5.85. The molecule has 1 N–H and O–H groups in total. The van der Waals surface area contributed by atoms with Gasteiger partial charge in [-0.3, -0.25) is 0 Å². The van der Waals surface area contributed by atoms with Gasteiger partial charge >= 0.3 is 0 Å². The number of rotatable bonds is 6. The molecule has 0 heterocycles. The van der Waals surface area contributed by atoms with Gasteiger partial charge in [-0.25, -0.2) is 0 Å². The van der Waals surface area contributed by atoms with E-state index < -0.39 is 0 Å². The summed E-state index contributed by atoms with van der Waals surface area (Å²) < 4.78 is 5.52. The van der Waals surface area contributed by atoms with Crippen LogP contribution >= 0.6 is 23.2 Å². The van der Waals surface area contributed by atoms with Gasteiger partial charge in [0.25, 0.3) is 0 Å². The lowest BCUT2D eigenvalue weighted by atomic mass is 10.2. The van der Waals surface area contributed by atoms with Gasteiger partial charge in [0.15, 0.2) is 0 Å². The van der Waals surface area contributed by atoms with Gasteiger partial charge in [-0.05, 0) is 30.7 Å². The minimum absolute atomic E-state index is 0.595. The predicted molar refractivity (Wildman–Crippen MR) is 69.7 cm³/mol. The molecule has 1 aromatic carbocycles. The van der Waals surface area contributed by atoms with Crippen LogP contribution < -0.4 is 10.1 Å². The molecule has 0 aliphatic carbocycles. The predicted octanol–water partition coefficient (Wildman–Crippen LogP) is 3.62. The molecule has 4 heteroatoms. The minimum atomic E-state index is 0.595. The Morgan fingerprint density at radius 1 is 1.19 bits per heavy atom. The molecule has 0 fully saturated rings. The van der Waals surface area contributed by atoms with Crippen molar-refractivity contribution in [2.45, 2.75) is 13.8 Å². The topological polar surface area (TPSA) is 21.3 Å². The molecule has 1 rings (SSSR count). The first kappa shape index (κ1) is 13.6. The van der Waals surface area contributed by atoms with Crippen molar-refractivity contribution in [3.05, 3.63) is 28.2 Å². The molecular weight excluding hydrogens is 245 g/mol. The Bertz CT molecular complexity index is 309. The highest BCUT2D eigenvalue weighted by Gasteiger charge is 1.99. The smallest absolute Gasteiger partial charge is 0.122 e. The Morgan fingerprint density at radius 3 is 2.38 bits per heavy atom. The van der Waals surface area contributed by atoms with Crippen LogP contribution in [0.1, 0.15) is 13.8 Å². The fraction of sp³-hybridized carbons (Fsp3) is 0.500. The number of halogens is 2. The Morgan fingerprint density at radius 2 is 1.81 bits per heavy atom. The van der Waals surface area contributed by atoms with Crippen molar-refractivity contribution in [3.8, 4) is 5.75 Å². The highest BCUT2D eigenvalue weighted by Crippen LogP contribution is 2.23. The lowest BCUT2D eigenvalue weighted by Crippen LogP contribution is -2.24. The van der Waals surface area contributed by atoms with Crippen LogP contribution in [-0.2, 0) is 0 Å². The molecule has 0 spiro atoms. The Kier molecular flexibility index (Phi) is 5.96. The monoisotopic (exact) mass is 261 g/mol. The summed E-state index contributed by atoms with van der Waals surface area (Å²) in [5, 5.41) is 4.48. The summed E-state index contributed by atoms with van der Waals surface area (Å²) in [5.74, 6) is 1.37. The van der Waals surface area contributed by atoms with Gasteiger partial charge in [0.05, 0.1) is 0 Å². The molecule has 16 heavy (non-hydrogen) atoms. The van der Waals surface area contributed by atoms with E-state index >= 15 is 0 Å². The molecule has 0 aliphatic rings. The lowest BCUT2D eigenvalue weighted by molar-refractivity contribution is 0.311. The van der Waals surface area contributed by atoms with Crippen LogP contribution in [-0.4, -0.2) is 19.7 Å². The van der Waals surface area contributed by atoms with E-state index in [1.54, 1.807) is 18.2 Å². The fourth-order valence-electron chi connectivity index (χ4n) is 1.24. The van der Waals surface area contributed by atoms with Crippen molar-refractivity contribution in [1.82, 2.24) is 5.32 Å². The minimum Gasteiger partial charge on any atom is -0.492 e. The molecule has 2 nitrogen and oxygen atoms in total. The third-order valence-electron chi connectivity index (χ3n) is 1.94. The van der Waals surface area contributed by atoms with E-state index in [-0.39, 0.29) is 0 Å².